The predicted molar refractivity (Wildman–Crippen MR) is 408 cm³/mol. The molecule has 0 aromatic heterocycles. The van der Waals surface area contributed by atoms with Crippen molar-refractivity contribution in [2.75, 3.05) is 26.4 Å². The van der Waals surface area contributed by atoms with Crippen LogP contribution in [0.2, 0.25) is 0 Å². The minimum atomic E-state index is -1.52. The third-order valence-corrected chi connectivity index (χ3v) is 19.4. The number of hydrogen-bond donors (Lipinski definition) is 3. The standard InChI is InChI=1S/C90H92N2O17/c93-86(94)77(92-90(96)105-60-76-74-47-27-25-45-72(74)73-46-26-28-48-75(73)76)50-49-71(51-91-89(95)104-59-70-43-23-8-24-44-70)106-88-85(83(102-57-68-39-19-6-20-40-68)81(100-55-66-35-15-4-16-36-66)79(108-88)62-98-53-64-31-11-2-12-32-64)109-87-84(103-58-69-41-21-7-22-42-69)82(101-56-67-37-17-5-18-38-67)80(99-54-65-33-13-3-14-34-65)78(107-87)61-97-52-63-29-9-1-10-30-63/h1-48,71,76-85,87-88H,49-62H2,(H,91,95)(H,92,96)(H,93,94)/t71-,77+,78-,79-,80-,81+,82+,83+,84-,85-,87-,88-/m1/s1. The number of fused-ring (bicyclic) bond motifs is 3. The van der Waals surface area contributed by atoms with Crippen molar-refractivity contribution >= 4 is 18.2 Å². The van der Waals surface area contributed by atoms with Gasteiger partial charge in [0.2, 0.25) is 0 Å². The molecule has 3 aliphatic rings. The average molecular weight is 1470 g/mol. The van der Waals surface area contributed by atoms with Crippen LogP contribution >= 0.6 is 0 Å². The second-order valence-electron chi connectivity index (χ2n) is 27.1. The Balaban J connectivity index is 0.889. The van der Waals surface area contributed by atoms with Gasteiger partial charge in [0, 0.05) is 12.5 Å². The summed E-state index contributed by atoms with van der Waals surface area (Å²) >= 11 is 0. The first kappa shape index (κ1) is 76.9. The number of carbonyl (C=O) groups is 3. The Morgan fingerprint density at radius 1 is 0.349 bits per heavy atom. The quantitative estimate of drug-likeness (QED) is 0.0328. The minimum absolute atomic E-state index is 0.00752. The Morgan fingerprint density at radius 2 is 0.697 bits per heavy atom. The van der Waals surface area contributed by atoms with Gasteiger partial charge in [-0.1, -0.05) is 291 Å². The van der Waals surface area contributed by atoms with Gasteiger partial charge >= 0.3 is 18.2 Å². The van der Waals surface area contributed by atoms with E-state index in [0.717, 1.165) is 66.8 Å². The molecule has 19 heteroatoms. The minimum Gasteiger partial charge on any atom is -0.480 e. The number of alkyl carbamates (subject to hydrolysis) is 2. The highest BCUT2D eigenvalue weighted by Crippen LogP contribution is 2.45. The van der Waals surface area contributed by atoms with E-state index >= 15 is 0 Å². The topological polar surface area (TPSA) is 215 Å². The second kappa shape index (κ2) is 40.3. The molecular formula is C90H92N2O17. The molecular weight excluding hydrogens is 1380 g/mol. The zero-order valence-electron chi connectivity index (χ0n) is 60.6. The fourth-order valence-electron chi connectivity index (χ4n) is 13.8. The maximum absolute atomic E-state index is 14.1. The predicted octanol–water partition coefficient (Wildman–Crippen LogP) is 15.3. The fraction of sp³-hybridized carbons (Fsp3) is 0.300. The Hall–Kier alpha value is -10.2. The van der Waals surface area contributed by atoms with E-state index in [1.54, 1.807) is 0 Å². The number of ether oxygens (including phenoxy) is 13. The number of amides is 2. The van der Waals surface area contributed by atoms with Gasteiger partial charge in [-0.15, -0.1) is 0 Å². The lowest BCUT2D eigenvalue weighted by Gasteiger charge is -2.50. The molecule has 10 aromatic carbocycles. The number of nitrogens with one attached hydrogen (secondary N) is 2. The highest BCUT2D eigenvalue weighted by atomic mass is 16.8. The molecule has 0 unspecified atom stereocenters. The van der Waals surface area contributed by atoms with Gasteiger partial charge in [0.1, 0.15) is 68.1 Å². The first-order valence-corrected chi connectivity index (χ1v) is 37.1. The summed E-state index contributed by atoms with van der Waals surface area (Å²) in [7, 11) is 0. The summed E-state index contributed by atoms with van der Waals surface area (Å²) < 4.78 is 91.1. The Labute approximate surface area is 636 Å². The van der Waals surface area contributed by atoms with Crippen LogP contribution in [0.15, 0.2) is 291 Å². The number of carboxylic acids is 1. The number of benzene rings is 10. The van der Waals surface area contributed by atoms with Crippen LogP contribution in [0.3, 0.4) is 0 Å². The van der Waals surface area contributed by atoms with E-state index in [0.29, 0.717) is 0 Å². The van der Waals surface area contributed by atoms with Crippen molar-refractivity contribution in [3.8, 4) is 11.1 Å². The average Bonchev–Trinajstić information content (AvgIpc) is 1.74. The van der Waals surface area contributed by atoms with Crippen LogP contribution in [0.1, 0.15) is 74.4 Å². The highest BCUT2D eigenvalue weighted by Gasteiger charge is 2.55. The van der Waals surface area contributed by atoms with Crippen molar-refractivity contribution < 1.29 is 81.1 Å². The van der Waals surface area contributed by atoms with E-state index in [1.165, 1.54) is 0 Å². The van der Waals surface area contributed by atoms with E-state index in [9.17, 15) is 19.5 Å². The molecule has 2 heterocycles. The monoisotopic (exact) mass is 1470 g/mol. The molecule has 2 fully saturated rings. The first-order chi connectivity index (χ1) is 53.7. The normalized spacial score (nSPS) is 20.7. The molecule has 0 saturated carbocycles. The molecule has 3 N–H and O–H groups in total. The maximum Gasteiger partial charge on any atom is 0.407 e. The van der Waals surface area contributed by atoms with Crippen LogP contribution in [0.4, 0.5) is 9.59 Å². The van der Waals surface area contributed by atoms with Crippen LogP contribution in [0.5, 0.6) is 0 Å². The van der Waals surface area contributed by atoms with Crippen molar-refractivity contribution in [1.29, 1.82) is 0 Å². The molecule has 109 heavy (non-hydrogen) atoms. The Bertz CT molecular complexity index is 4310. The van der Waals surface area contributed by atoms with E-state index in [4.69, 9.17) is 61.6 Å². The van der Waals surface area contributed by atoms with Crippen molar-refractivity contribution in [1.82, 2.24) is 10.6 Å². The van der Waals surface area contributed by atoms with Crippen molar-refractivity contribution in [2.45, 2.75) is 145 Å². The maximum atomic E-state index is 14.1. The van der Waals surface area contributed by atoms with E-state index < -0.39 is 91.7 Å². The van der Waals surface area contributed by atoms with Crippen LogP contribution in [-0.2, 0) is 119 Å². The lowest BCUT2D eigenvalue weighted by atomic mass is 9.95. The summed E-state index contributed by atoms with van der Waals surface area (Å²) in [6, 6.07) is 92.1. The van der Waals surface area contributed by atoms with E-state index in [1.807, 2.05) is 291 Å². The number of rotatable bonds is 38. The van der Waals surface area contributed by atoms with Crippen molar-refractivity contribution in [3.05, 3.63) is 347 Å². The molecule has 0 radical (unpaired) electrons. The molecule has 19 nitrogen and oxygen atoms in total. The van der Waals surface area contributed by atoms with Gasteiger partial charge in [0.05, 0.1) is 65.6 Å². The van der Waals surface area contributed by atoms with Crippen molar-refractivity contribution in [2.24, 2.45) is 0 Å². The number of carboxylic acid groups (broad SMARTS) is 1. The van der Waals surface area contributed by atoms with Crippen LogP contribution < -0.4 is 10.6 Å². The molecule has 2 aliphatic heterocycles. The third-order valence-electron chi connectivity index (χ3n) is 19.4. The van der Waals surface area contributed by atoms with Crippen molar-refractivity contribution in [3.63, 3.8) is 0 Å². The fourth-order valence-corrected chi connectivity index (χ4v) is 13.8. The van der Waals surface area contributed by atoms with Gasteiger partial charge in [0.15, 0.2) is 12.6 Å². The van der Waals surface area contributed by atoms with Gasteiger partial charge in [0.25, 0.3) is 0 Å². The zero-order valence-corrected chi connectivity index (χ0v) is 60.6. The molecule has 564 valence electrons. The molecule has 1 aliphatic carbocycles. The molecule has 0 spiro atoms. The first-order valence-electron chi connectivity index (χ1n) is 37.1. The lowest BCUT2D eigenvalue weighted by Crippen LogP contribution is -2.66. The SMILES string of the molecule is O=C(NC[C@@H](CC[C@H](NC(=O)OCC1c2ccccc2-c2ccccc21)C(=O)O)O[C@@H]1O[C@H](COCc2ccccc2)[C@H](OCc2ccccc2)[C@H](OCc2ccccc2)[C@H]1O[C@H]1O[C@H](COCc2ccccc2)[C@@H](OCc2ccccc2)[C@H](OCc2ccccc2)[C@H]1OCc1ccccc1)OCc1ccccc1. The Kier molecular flexibility index (Phi) is 28.4. The van der Waals surface area contributed by atoms with Crippen LogP contribution in [-0.4, -0.2) is 123 Å². The van der Waals surface area contributed by atoms with Gasteiger partial charge in [-0.2, -0.15) is 0 Å². The summed E-state index contributed by atoms with van der Waals surface area (Å²) in [5.74, 6) is -1.63. The van der Waals surface area contributed by atoms with Gasteiger partial charge < -0.3 is 77.3 Å². The second-order valence-corrected chi connectivity index (χ2v) is 27.1. The molecule has 0 bridgehead atoms. The number of carbonyl (C=O) groups excluding carboxylic acids is 2. The number of aliphatic carboxylic acids is 1. The molecule has 12 atom stereocenters. The largest absolute Gasteiger partial charge is 0.480 e. The summed E-state index contributed by atoms with van der Waals surface area (Å²) in [4.78, 5) is 41.7. The zero-order chi connectivity index (χ0) is 74.6. The summed E-state index contributed by atoms with van der Waals surface area (Å²) in [6.07, 6.45) is -14.5. The molecule has 2 saturated heterocycles. The summed E-state index contributed by atoms with van der Waals surface area (Å²) in [5, 5.41) is 16.6. The van der Waals surface area contributed by atoms with Gasteiger partial charge in [-0.3, -0.25) is 0 Å². The lowest BCUT2D eigenvalue weighted by molar-refractivity contribution is -0.387. The highest BCUT2D eigenvalue weighted by molar-refractivity contribution is 5.81. The summed E-state index contributed by atoms with van der Waals surface area (Å²) in [6.45, 7) is 0.475. The third kappa shape index (κ3) is 22.2. The molecule has 10 aromatic rings. The number of hydrogen-bond acceptors (Lipinski definition) is 16. The van der Waals surface area contributed by atoms with Crippen LogP contribution in [0, 0.1) is 0 Å². The van der Waals surface area contributed by atoms with Gasteiger partial charge in [-0.25, -0.2) is 14.4 Å². The molecule has 13 rings (SSSR count). The van der Waals surface area contributed by atoms with Gasteiger partial charge in [-0.05, 0) is 79.6 Å². The summed E-state index contributed by atoms with van der Waals surface area (Å²) in [5.41, 5.74) is 11.0. The van der Waals surface area contributed by atoms with E-state index in [-0.39, 0.29) is 98.0 Å². The van der Waals surface area contributed by atoms with E-state index in [2.05, 4.69) is 10.6 Å². The molecule has 2 amide bonds. The Morgan fingerprint density at radius 3 is 1.11 bits per heavy atom. The smallest absolute Gasteiger partial charge is 0.407 e. The van der Waals surface area contributed by atoms with Crippen LogP contribution in [0.25, 0.3) is 11.1 Å².